The summed E-state index contributed by atoms with van der Waals surface area (Å²) in [6, 6.07) is 8.30. The molecule has 6 rings (SSSR count). The lowest BCUT2D eigenvalue weighted by molar-refractivity contribution is 0.0668. The van der Waals surface area contributed by atoms with Crippen LogP contribution in [0.15, 0.2) is 106 Å². The molecule has 1 atom stereocenters. The molecule has 0 saturated carbocycles. The fraction of sp³-hybridized carbons (Fsp3) is 0.512. The molecule has 0 aromatic heterocycles. The van der Waals surface area contributed by atoms with E-state index in [9.17, 15) is 4.39 Å². The van der Waals surface area contributed by atoms with E-state index in [-0.39, 0.29) is 28.6 Å². The summed E-state index contributed by atoms with van der Waals surface area (Å²) in [6.45, 7) is 25.4. The molecule has 3 heterocycles. The minimum absolute atomic E-state index is 0.00193. The second kappa shape index (κ2) is 13.7. The fourth-order valence-corrected chi connectivity index (χ4v) is 8.07. The minimum atomic E-state index is -2.33. The van der Waals surface area contributed by atoms with E-state index in [4.69, 9.17) is 23.1 Å². The largest absolute Gasteiger partial charge is 0.541 e. The molecule has 270 valence electrons. The Kier molecular flexibility index (Phi) is 10.00. The smallest absolute Gasteiger partial charge is 0.280 e. The van der Waals surface area contributed by atoms with Crippen molar-refractivity contribution in [3.8, 4) is 5.75 Å². The Labute approximate surface area is 301 Å². The number of halogens is 1. The number of hydrogen-bond donors (Lipinski definition) is 0. The number of ether oxygens (including phenoxy) is 3. The van der Waals surface area contributed by atoms with E-state index in [0.29, 0.717) is 12.6 Å². The number of likely N-dealkylation sites (tertiary alicyclic amines) is 1. The highest BCUT2D eigenvalue weighted by Gasteiger charge is 2.46. The molecule has 50 heavy (non-hydrogen) atoms. The number of fused-ring (bicyclic) bond motifs is 3. The molecule has 5 aliphatic rings. The van der Waals surface area contributed by atoms with Crippen molar-refractivity contribution in [3.05, 3.63) is 112 Å². The topological polar surface area (TPSA) is 49.4 Å². The molecule has 2 aliphatic carbocycles. The van der Waals surface area contributed by atoms with Gasteiger partial charge in [-0.15, -0.1) is 0 Å². The summed E-state index contributed by atoms with van der Waals surface area (Å²) in [7, 11) is -4.60. The lowest BCUT2D eigenvalue weighted by Crippen LogP contribution is -2.49. The molecule has 3 aliphatic heterocycles. The van der Waals surface area contributed by atoms with Crippen LogP contribution in [0.1, 0.15) is 65.9 Å². The van der Waals surface area contributed by atoms with Crippen molar-refractivity contribution < 1.29 is 27.5 Å². The molecule has 0 bridgehead atoms. The third-order valence-electron chi connectivity index (χ3n) is 11.5. The van der Waals surface area contributed by atoms with Crippen LogP contribution >= 0.6 is 0 Å². The average Bonchev–Trinajstić information content (AvgIpc) is 3.18. The molecule has 1 fully saturated rings. The minimum Gasteiger partial charge on any atom is -0.541 e. The van der Waals surface area contributed by atoms with E-state index in [0.717, 1.165) is 83.4 Å². The standard InChI is InChI=1S/C41H56FNO5Si2/c1-40(2,3)49(7,8)47-36-27-45-34-14-12-11-13-32(34)38-37(36)33-20-17-30(23-35(33)46-39(38)48-50(9,10)41(4,5)6)29-15-18-31(19-16-29)44-22-21-43-25-28(24-42)26-43/h11,13,15-20,23,27-28,30H,12,14,21-22,24-26H2,1-10H3. The summed E-state index contributed by atoms with van der Waals surface area (Å²) < 4.78 is 46.4. The van der Waals surface area contributed by atoms with Gasteiger partial charge in [0, 0.05) is 54.6 Å². The van der Waals surface area contributed by atoms with Crippen molar-refractivity contribution >= 4 is 16.6 Å². The number of hydrogen-bond acceptors (Lipinski definition) is 6. The zero-order valence-corrected chi connectivity index (χ0v) is 33.7. The average molecular weight is 718 g/mol. The molecule has 1 aromatic carbocycles. The van der Waals surface area contributed by atoms with Gasteiger partial charge >= 0.3 is 0 Å². The molecular weight excluding hydrogens is 662 g/mol. The third-order valence-corrected chi connectivity index (χ3v) is 20.1. The Bertz CT molecular complexity index is 1690. The summed E-state index contributed by atoms with van der Waals surface area (Å²) in [6.07, 6.45) is 14.5. The molecule has 0 spiro atoms. The fourth-order valence-electron chi connectivity index (χ4n) is 6.15. The first-order chi connectivity index (χ1) is 23.5. The summed E-state index contributed by atoms with van der Waals surface area (Å²) in [4.78, 5) is 2.23. The Morgan fingerprint density at radius 3 is 2.22 bits per heavy atom. The number of alkyl halides is 1. The van der Waals surface area contributed by atoms with Crippen molar-refractivity contribution in [1.29, 1.82) is 0 Å². The van der Waals surface area contributed by atoms with Crippen molar-refractivity contribution in [3.63, 3.8) is 0 Å². The normalized spacial score (nSPS) is 21.6. The van der Waals surface area contributed by atoms with Crippen molar-refractivity contribution in [2.45, 2.75) is 96.6 Å². The first-order valence-corrected chi connectivity index (χ1v) is 24.0. The summed E-state index contributed by atoms with van der Waals surface area (Å²) >= 11 is 0. The second-order valence-corrected chi connectivity index (χ2v) is 26.7. The van der Waals surface area contributed by atoms with E-state index in [1.807, 2.05) is 18.4 Å². The molecule has 0 amide bonds. The Morgan fingerprint density at radius 1 is 0.880 bits per heavy atom. The zero-order valence-electron chi connectivity index (χ0n) is 31.7. The first kappa shape index (κ1) is 36.5. The van der Waals surface area contributed by atoms with Crippen molar-refractivity contribution in [1.82, 2.24) is 4.90 Å². The summed E-state index contributed by atoms with van der Waals surface area (Å²) in [5.74, 6) is 3.97. The van der Waals surface area contributed by atoms with Crippen LogP contribution in [0.4, 0.5) is 4.39 Å². The molecule has 1 unspecified atom stereocenters. The van der Waals surface area contributed by atoms with Crippen LogP contribution < -0.4 is 4.74 Å². The second-order valence-electron chi connectivity index (χ2n) is 17.3. The monoisotopic (exact) mass is 717 g/mol. The lowest BCUT2D eigenvalue weighted by atomic mass is 9.84. The van der Waals surface area contributed by atoms with E-state index in [1.54, 1.807) is 0 Å². The quantitative estimate of drug-likeness (QED) is 0.225. The van der Waals surface area contributed by atoms with Crippen molar-refractivity contribution in [2.24, 2.45) is 5.92 Å². The predicted molar refractivity (Wildman–Crippen MR) is 204 cm³/mol. The summed E-state index contributed by atoms with van der Waals surface area (Å²) in [5, 5.41) is -0.0480. The van der Waals surface area contributed by atoms with Gasteiger partial charge in [0.25, 0.3) is 22.6 Å². The number of rotatable bonds is 10. The van der Waals surface area contributed by atoms with Crippen LogP contribution in [0.5, 0.6) is 5.75 Å². The Hall–Kier alpha value is -3.28. The van der Waals surface area contributed by atoms with E-state index >= 15 is 0 Å². The van der Waals surface area contributed by atoms with E-state index in [2.05, 4.69) is 115 Å². The van der Waals surface area contributed by atoms with Crippen LogP contribution in [0.3, 0.4) is 0 Å². The van der Waals surface area contributed by atoms with Crippen LogP contribution in [-0.4, -0.2) is 54.5 Å². The number of nitrogens with zero attached hydrogens (tertiary/aromatic N) is 1. The third kappa shape index (κ3) is 7.37. The van der Waals surface area contributed by atoms with Gasteiger partial charge in [0.2, 0.25) is 0 Å². The molecule has 0 radical (unpaired) electrons. The van der Waals surface area contributed by atoms with Crippen LogP contribution in [0.25, 0.3) is 0 Å². The highest BCUT2D eigenvalue weighted by atomic mass is 28.4. The Morgan fingerprint density at radius 2 is 1.56 bits per heavy atom. The van der Waals surface area contributed by atoms with Gasteiger partial charge in [0.15, 0.2) is 0 Å². The van der Waals surface area contributed by atoms with E-state index in [1.165, 1.54) is 0 Å². The van der Waals surface area contributed by atoms with Gasteiger partial charge in [-0.2, -0.15) is 0 Å². The maximum atomic E-state index is 12.8. The molecule has 1 saturated heterocycles. The number of allylic oxidation sites excluding steroid dienone is 8. The highest BCUT2D eigenvalue weighted by Crippen LogP contribution is 2.51. The van der Waals surface area contributed by atoms with Gasteiger partial charge in [0.05, 0.1) is 12.2 Å². The van der Waals surface area contributed by atoms with Gasteiger partial charge in [-0.1, -0.05) is 78.0 Å². The van der Waals surface area contributed by atoms with Gasteiger partial charge in [0.1, 0.15) is 35.9 Å². The van der Waals surface area contributed by atoms with Crippen LogP contribution in [0, 0.1) is 5.92 Å². The van der Waals surface area contributed by atoms with E-state index < -0.39 is 16.6 Å². The van der Waals surface area contributed by atoms with Gasteiger partial charge in [-0.25, -0.2) is 0 Å². The van der Waals surface area contributed by atoms with Gasteiger partial charge < -0.3 is 23.1 Å². The van der Waals surface area contributed by atoms with Gasteiger partial charge in [-0.3, -0.25) is 9.29 Å². The highest BCUT2D eigenvalue weighted by molar-refractivity contribution is 6.74. The lowest BCUT2D eigenvalue weighted by Gasteiger charge is -2.41. The zero-order chi connectivity index (χ0) is 36.1. The van der Waals surface area contributed by atoms with Crippen molar-refractivity contribution in [2.75, 3.05) is 32.9 Å². The molecule has 1 aromatic rings. The Balaban J connectivity index is 1.36. The molecular formula is C41H56FNO5Si2. The van der Waals surface area contributed by atoms with Crippen LogP contribution in [0.2, 0.25) is 36.3 Å². The summed E-state index contributed by atoms with van der Waals surface area (Å²) in [5.41, 5.74) is 5.00. The van der Waals surface area contributed by atoms with Gasteiger partial charge in [-0.05, 0) is 66.5 Å². The maximum absolute atomic E-state index is 12.8. The first-order valence-electron chi connectivity index (χ1n) is 18.2. The predicted octanol–water partition coefficient (Wildman–Crippen LogP) is 10.6. The SMILES string of the molecule is CC(C)(C)[Si](C)(C)OC1=COC2=C(C=CCC2)C2=C(O[Si](C)(C)C(C)(C)C)OC3=CC(c4ccc(OCCN5CC(CF)C5)cc4)C=CC3=C12. The molecule has 0 N–H and O–H groups in total. The van der Waals surface area contributed by atoms with Crippen LogP contribution in [-0.2, 0) is 18.3 Å². The molecule has 6 nitrogen and oxygen atoms in total. The molecule has 9 heteroatoms. The maximum Gasteiger partial charge on any atom is 0.280 e. The number of benzene rings is 1.